The fourth-order valence-electron chi connectivity index (χ4n) is 2.77. The molecule has 0 saturated heterocycles. The molecule has 0 atom stereocenters. The van der Waals surface area contributed by atoms with Crippen LogP contribution in [0.25, 0.3) is 0 Å². The van der Waals surface area contributed by atoms with Crippen LogP contribution in [0.15, 0.2) is 82.2 Å². The molecular formula is C23H20BrClN2O6S. The highest BCUT2D eigenvalue weighted by molar-refractivity contribution is 9.10. The van der Waals surface area contributed by atoms with Gasteiger partial charge in [-0.15, -0.1) is 0 Å². The van der Waals surface area contributed by atoms with Crippen LogP contribution in [0.2, 0.25) is 5.02 Å². The van der Waals surface area contributed by atoms with E-state index < -0.39 is 21.9 Å². The molecule has 1 N–H and O–H groups in total. The van der Waals surface area contributed by atoms with Crippen LogP contribution in [-0.4, -0.2) is 33.4 Å². The Balaban J connectivity index is 1.88. The summed E-state index contributed by atoms with van der Waals surface area (Å²) in [6, 6.07) is 18.2. The fraction of sp³-hybridized carbons (Fsp3) is 0.130. The van der Waals surface area contributed by atoms with Gasteiger partial charge in [0.15, 0.2) is 5.75 Å². The van der Waals surface area contributed by atoms with Gasteiger partial charge in [-0.2, -0.15) is 8.42 Å². The number of hydrogen-bond donors (Lipinski definition) is 1. The Labute approximate surface area is 210 Å². The topological polar surface area (TPSA) is 102 Å². The third-order valence-electron chi connectivity index (χ3n) is 4.37. The number of carbonyl (C=O) groups is 2. The second-order valence-corrected chi connectivity index (χ2v) is 9.82. The number of halogens is 2. The molecule has 0 fully saturated rings. The number of hydrogen-bond acceptors (Lipinski definition) is 6. The van der Waals surface area contributed by atoms with E-state index >= 15 is 0 Å². The molecule has 0 unspecified atom stereocenters. The van der Waals surface area contributed by atoms with E-state index in [-0.39, 0.29) is 40.1 Å². The number of amides is 1. The van der Waals surface area contributed by atoms with E-state index in [0.29, 0.717) is 4.47 Å². The Hall–Kier alpha value is -3.08. The number of nitrogens with one attached hydrogen (secondary N) is 1. The van der Waals surface area contributed by atoms with Crippen molar-refractivity contribution in [2.24, 2.45) is 0 Å². The van der Waals surface area contributed by atoms with Crippen molar-refractivity contribution in [1.82, 2.24) is 5.32 Å². The summed E-state index contributed by atoms with van der Waals surface area (Å²) in [6.45, 7) is 1.56. The monoisotopic (exact) mass is 566 g/mol. The van der Waals surface area contributed by atoms with Gasteiger partial charge < -0.3 is 14.9 Å². The maximum Gasteiger partial charge on any atom is 0.325 e. The summed E-state index contributed by atoms with van der Waals surface area (Å²) in [5.41, 5.74) is 0.420. The number of esters is 1. The van der Waals surface area contributed by atoms with Crippen LogP contribution in [0.5, 0.6) is 5.75 Å². The largest absolute Gasteiger partial charge is 0.465 e. The van der Waals surface area contributed by atoms with Crippen molar-refractivity contribution in [2.75, 3.05) is 17.6 Å². The lowest BCUT2D eigenvalue weighted by Gasteiger charge is -2.24. The number of carbonyl (C=O) groups excluding carboxylic acids is 2. The molecule has 34 heavy (non-hydrogen) atoms. The molecule has 178 valence electrons. The molecule has 0 spiro atoms. The molecule has 0 aliphatic carbocycles. The van der Waals surface area contributed by atoms with Gasteiger partial charge in [0, 0.05) is 10.0 Å². The number of anilines is 1. The molecule has 0 aliphatic heterocycles. The highest BCUT2D eigenvalue weighted by Crippen LogP contribution is 2.32. The molecule has 0 aliphatic rings. The van der Waals surface area contributed by atoms with Crippen molar-refractivity contribution in [3.8, 4) is 5.75 Å². The van der Waals surface area contributed by atoms with E-state index in [0.717, 1.165) is 4.47 Å². The van der Waals surface area contributed by atoms with Crippen molar-refractivity contribution >= 4 is 55.1 Å². The molecule has 3 rings (SSSR count). The average Bonchev–Trinajstić information content (AvgIpc) is 2.82. The first-order chi connectivity index (χ1) is 16.2. The number of rotatable bonds is 9. The Morgan fingerprint density at radius 1 is 1.03 bits per heavy atom. The van der Waals surface area contributed by atoms with Crippen LogP contribution in [-0.2, 0) is 19.6 Å². The lowest BCUT2D eigenvalue weighted by Crippen LogP contribution is -2.34. The summed E-state index contributed by atoms with van der Waals surface area (Å²) in [5, 5.41) is 2.62. The molecule has 3 aromatic rings. The SMILES string of the molecule is CCOC(=O)CNC(=O)c1ccc(S(=O)(=O)N(Oc2ccc(Br)cc2Cl)c2ccccc2)cc1. The second-order valence-electron chi connectivity index (χ2n) is 6.75. The minimum Gasteiger partial charge on any atom is -0.465 e. The van der Waals surface area contributed by atoms with Gasteiger partial charge in [-0.25, -0.2) is 0 Å². The first kappa shape index (κ1) is 25.5. The molecule has 0 heterocycles. The Bertz CT molecular complexity index is 1270. The van der Waals surface area contributed by atoms with Crippen LogP contribution >= 0.6 is 27.5 Å². The van der Waals surface area contributed by atoms with E-state index in [1.807, 2.05) is 0 Å². The average molecular weight is 568 g/mol. The van der Waals surface area contributed by atoms with Crippen LogP contribution in [0.1, 0.15) is 17.3 Å². The third-order valence-corrected chi connectivity index (χ3v) is 6.75. The Morgan fingerprint density at radius 3 is 2.32 bits per heavy atom. The fourth-order valence-corrected chi connectivity index (χ4v) is 4.73. The summed E-state index contributed by atoms with van der Waals surface area (Å²) in [6.07, 6.45) is 0. The summed E-state index contributed by atoms with van der Waals surface area (Å²) in [4.78, 5) is 29.3. The van der Waals surface area contributed by atoms with Gasteiger partial charge in [-0.1, -0.05) is 50.2 Å². The summed E-state index contributed by atoms with van der Waals surface area (Å²) < 4.78 is 33.2. The van der Waals surface area contributed by atoms with Gasteiger partial charge in [-0.3, -0.25) is 9.59 Å². The molecule has 0 bridgehead atoms. The zero-order valence-corrected chi connectivity index (χ0v) is 21.1. The second kappa shape index (κ2) is 11.4. The standard InChI is InChI=1S/C23H20BrClN2O6S/c1-2-32-22(28)15-26-23(29)16-8-11-19(12-9-16)34(30,31)27(18-6-4-3-5-7-18)33-21-13-10-17(24)14-20(21)25/h3-14H,2,15H2,1H3,(H,26,29). The maximum absolute atomic E-state index is 13.5. The van der Waals surface area contributed by atoms with Crippen LogP contribution in [0.4, 0.5) is 5.69 Å². The number of para-hydroxylation sites is 1. The summed E-state index contributed by atoms with van der Waals surface area (Å²) in [5.74, 6) is -0.987. The van der Waals surface area contributed by atoms with Crippen LogP contribution < -0.4 is 14.6 Å². The smallest absolute Gasteiger partial charge is 0.325 e. The molecule has 8 nitrogen and oxygen atoms in total. The predicted molar refractivity (Wildman–Crippen MR) is 131 cm³/mol. The van der Waals surface area contributed by atoms with E-state index in [4.69, 9.17) is 21.2 Å². The maximum atomic E-state index is 13.5. The van der Waals surface area contributed by atoms with Gasteiger partial charge in [0.25, 0.3) is 15.9 Å². The van der Waals surface area contributed by atoms with Crippen molar-refractivity contribution in [3.63, 3.8) is 0 Å². The molecule has 3 aromatic carbocycles. The van der Waals surface area contributed by atoms with E-state index in [1.54, 1.807) is 49.4 Å². The van der Waals surface area contributed by atoms with Crippen molar-refractivity contribution < 1.29 is 27.6 Å². The van der Waals surface area contributed by atoms with Crippen LogP contribution in [0, 0.1) is 0 Å². The first-order valence-corrected chi connectivity index (χ1v) is 12.6. The predicted octanol–water partition coefficient (Wildman–Crippen LogP) is 4.58. The molecule has 1 amide bonds. The van der Waals surface area contributed by atoms with Crippen LogP contribution in [0.3, 0.4) is 0 Å². The highest BCUT2D eigenvalue weighted by Gasteiger charge is 2.28. The number of benzene rings is 3. The molecule has 0 radical (unpaired) electrons. The third kappa shape index (κ3) is 6.28. The normalized spacial score (nSPS) is 10.9. The minimum atomic E-state index is -4.22. The van der Waals surface area contributed by atoms with Gasteiger partial charge in [-0.05, 0) is 61.5 Å². The van der Waals surface area contributed by atoms with E-state index in [1.165, 1.54) is 30.3 Å². The number of ether oxygens (including phenoxy) is 1. The first-order valence-electron chi connectivity index (χ1n) is 9.99. The highest BCUT2D eigenvalue weighted by atomic mass is 79.9. The summed E-state index contributed by atoms with van der Waals surface area (Å²) in [7, 11) is -4.22. The van der Waals surface area contributed by atoms with Crippen molar-refractivity contribution in [3.05, 3.63) is 87.9 Å². The minimum absolute atomic E-state index is 0.119. The lowest BCUT2D eigenvalue weighted by molar-refractivity contribution is -0.141. The van der Waals surface area contributed by atoms with Crippen molar-refractivity contribution in [2.45, 2.75) is 11.8 Å². The molecule has 0 saturated carbocycles. The van der Waals surface area contributed by atoms with E-state index in [9.17, 15) is 18.0 Å². The Morgan fingerprint density at radius 2 is 1.71 bits per heavy atom. The number of sulfonamides is 1. The molecule has 0 aromatic heterocycles. The zero-order valence-electron chi connectivity index (χ0n) is 17.9. The zero-order chi connectivity index (χ0) is 24.7. The quantitative estimate of drug-likeness (QED) is 0.300. The van der Waals surface area contributed by atoms with Gasteiger partial charge in [0.05, 0.1) is 22.2 Å². The summed E-state index contributed by atoms with van der Waals surface area (Å²) >= 11 is 9.53. The van der Waals surface area contributed by atoms with Gasteiger partial charge in [0.2, 0.25) is 0 Å². The Kier molecular flexibility index (Phi) is 8.54. The molecular weight excluding hydrogens is 548 g/mol. The van der Waals surface area contributed by atoms with Gasteiger partial charge in [0.1, 0.15) is 6.54 Å². The van der Waals surface area contributed by atoms with Gasteiger partial charge >= 0.3 is 5.97 Å². The van der Waals surface area contributed by atoms with E-state index in [2.05, 4.69) is 21.2 Å². The number of nitrogens with zero attached hydrogens (tertiary/aromatic N) is 1. The lowest BCUT2D eigenvalue weighted by atomic mass is 10.2. The van der Waals surface area contributed by atoms with Crippen molar-refractivity contribution in [1.29, 1.82) is 0 Å². The molecule has 11 heteroatoms.